The van der Waals surface area contributed by atoms with Crippen molar-refractivity contribution in [2.45, 2.75) is 51.2 Å². The average molecular weight is 445 g/mol. The Bertz CT molecular complexity index is 954. The molecule has 0 amide bonds. The highest BCUT2D eigenvalue weighted by atomic mass is 16.6. The van der Waals surface area contributed by atoms with Crippen molar-refractivity contribution in [2.24, 2.45) is 5.92 Å². The first-order valence-electron chi connectivity index (χ1n) is 11.1. The number of hydrogen-bond acceptors (Lipinski definition) is 4. The van der Waals surface area contributed by atoms with Gasteiger partial charge in [-0.1, -0.05) is 91.0 Å². The number of rotatable bonds is 8. The van der Waals surface area contributed by atoms with Gasteiger partial charge in [0, 0.05) is 0 Å². The normalized spacial score (nSPS) is 13.1. The van der Waals surface area contributed by atoms with E-state index in [9.17, 15) is 9.59 Å². The molecule has 0 heterocycles. The van der Waals surface area contributed by atoms with Crippen molar-refractivity contribution in [3.63, 3.8) is 0 Å². The van der Waals surface area contributed by atoms with Gasteiger partial charge in [0.15, 0.2) is 0 Å². The summed E-state index contributed by atoms with van der Waals surface area (Å²) in [6.45, 7) is 9.45. The van der Waals surface area contributed by atoms with Crippen LogP contribution < -0.4 is 0 Å². The SMILES string of the molecule is CC(C)(C)OC(=O)C(C(C)(C)OC=O)C(c1ccccc1)(c1ccccc1)c1ccccc1. The molecule has 0 aliphatic heterocycles. The van der Waals surface area contributed by atoms with Crippen molar-refractivity contribution in [1.82, 2.24) is 0 Å². The van der Waals surface area contributed by atoms with Gasteiger partial charge in [-0.2, -0.15) is 0 Å². The van der Waals surface area contributed by atoms with Gasteiger partial charge in [-0.05, 0) is 51.3 Å². The molecule has 4 heteroatoms. The molecule has 0 spiro atoms. The number of carbonyl (C=O) groups is 2. The molecule has 0 N–H and O–H groups in total. The highest BCUT2D eigenvalue weighted by Gasteiger charge is 2.56. The summed E-state index contributed by atoms with van der Waals surface area (Å²) in [5.74, 6) is -1.33. The Morgan fingerprint density at radius 1 is 0.697 bits per heavy atom. The summed E-state index contributed by atoms with van der Waals surface area (Å²) in [4.78, 5) is 25.6. The summed E-state index contributed by atoms with van der Waals surface area (Å²) in [7, 11) is 0. The molecular weight excluding hydrogens is 412 g/mol. The Morgan fingerprint density at radius 3 is 1.36 bits per heavy atom. The van der Waals surface area contributed by atoms with Gasteiger partial charge in [0.2, 0.25) is 0 Å². The fraction of sp³-hybridized carbons (Fsp3) is 0.310. The highest BCUT2D eigenvalue weighted by molar-refractivity contribution is 5.80. The molecule has 0 radical (unpaired) electrons. The Kier molecular flexibility index (Phi) is 7.06. The lowest BCUT2D eigenvalue weighted by molar-refractivity contribution is -0.176. The molecule has 0 fully saturated rings. The van der Waals surface area contributed by atoms with Crippen LogP contribution in [0.2, 0.25) is 0 Å². The van der Waals surface area contributed by atoms with Crippen LogP contribution in [0.1, 0.15) is 51.3 Å². The van der Waals surface area contributed by atoms with Gasteiger partial charge in [-0.15, -0.1) is 0 Å². The smallest absolute Gasteiger partial charge is 0.315 e. The minimum Gasteiger partial charge on any atom is -0.461 e. The van der Waals surface area contributed by atoms with E-state index < -0.39 is 28.5 Å². The lowest BCUT2D eigenvalue weighted by Crippen LogP contribution is -2.55. The molecule has 33 heavy (non-hydrogen) atoms. The zero-order valence-corrected chi connectivity index (χ0v) is 19.9. The molecule has 0 bridgehead atoms. The zero-order valence-electron chi connectivity index (χ0n) is 19.9. The van der Waals surface area contributed by atoms with Crippen LogP contribution in [0, 0.1) is 5.92 Å². The van der Waals surface area contributed by atoms with Crippen LogP contribution in [0.4, 0.5) is 0 Å². The van der Waals surface area contributed by atoms with E-state index >= 15 is 0 Å². The van der Waals surface area contributed by atoms with Gasteiger partial charge in [-0.3, -0.25) is 9.59 Å². The predicted octanol–water partition coefficient (Wildman–Crippen LogP) is 5.93. The van der Waals surface area contributed by atoms with Crippen molar-refractivity contribution in [2.75, 3.05) is 0 Å². The van der Waals surface area contributed by atoms with E-state index in [4.69, 9.17) is 9.47 Å². The van der Waals surface area contributed by atoms with Crippen LogP contribution in [0.5, 0.6) is 0 Å². The summed E-state index contributed by atoms with van der Waals surface area (Å²) >= 11 is 0. The summed E-state index contributed by atoms with van der Waals surface area (Å²) < 4.78 is 11.6. The van der Waals surface area contributed by atoms with E-state index in [-0.39, 0.29) is 0 Å². The largest absolute Gasteiger partial charge is 0.461 e. The second kappa shape index (κ2) is 9.62. The monoisotopic (exact) mass is 444 g/mol. The van der Waals surface area contributed by atoms with Crippen molar-refractivity contribution < 1.29 is 19.1 Å². The predicted molar refractivity (Wildman–Crippen MR) is 130 cm³/mol. The third-order valence-corrected chi connectivity index (χ3v) is 5.81. The molecule has 0 aromatic heterocycles. The second-order valence-electron chi connectivity index (χ2n) is 9.69. The summed E-state index contributed by atoms with van der Waals surface area (Å²) in [6, 6.07) is 29.6. The standard InChI is InChI=1S/C29H32O4/c1-27(2,3)33-26(31)25(28(4,5)32-21-30)29(22-15-9-6-10-16-22,23-17-11-7-12-18-23)24-19-13-8-14-20-24/h6-21,25H,1-5H3. The molecule has 0 aliphatic carbocycles. The molecule has 0 saturated carbocycles. The molecular formula is C29H32O4. The average Bonchev–Trinajstić information content (AvgIpc) is 2.77. The summed E-state index contributed by atoms with van der Waals surface area (Å²) in [5, 5.41) is 0. The Hall–Kier alpha value is -3.40. The zero-order chi connectivity index (χ0) is 24.1. The molecule has 3 rings (SSSR count). The topological polar surface area (TPSA) is 52.6 Å². The maximum Gasteiger partial charge on any atom is 0.315 e. The van der Waals surface area contributed by atoms with E-state index in [2.05, 4.69) is 0 Å². The molecule has 1 unspecified atom stereocenters. The summed E-state index contributed by atoms with van der Waals surface area (Å²) in [5.41, 5.74) is -0.186. The van der Waals surface area contributed by atoms with Crippen molar-refractivity contribution in [1.29, 1.82) is 0 Å². The first-order chi connectivity index (χ1) is 15.6. The van der Waals surface area contributed by atoms with Crippen LogP contribution >= 0.6 is 0 Å². The maximum atomic E-state index is 14.0. The quantitative estimate of drug-likeness (QED) is 0.245. The van der Waals surface area contributed by atoms with Gasteiger partial charge in [0.05, 0.1) is 5.41 Å². The third kappa shape index (κ3) is 5.00. The Morgan fingerprint density at radius 2 is 1.06 bits per heavy atom. The van der Waals surface area contributed by atoms with Gasteiger partial charge >= 0.3 is 5.97 Å². The minimum absolute atomic E-state index is 0.406. The minimum atomic E-state index is -1.19. The Balaban J connectivity index is 2.47. The number of hydrogen-bond donors (Lipinski definition) is 0. The van der Waals surface area contributed by atoms with E-state index in [1.807, 2.05) is 112 Å². The van der Waals surface area contributed by atoms with E-state index in [0.717, 1.165) is 16.7 Å². The van der Waals surface area contributed by atoms with Gasteiger partial charge in [-0.25, -0.2) is 0 Å². The number of carbonyl (C=O) groups excluding carboxylic acids is 2. The molecule has 0 aliphatic rings. The Labute approximate surface area is 196 Å². The number of ether oxygens (including phenoxy) is 2. The van der Waals surface area contributed by atoms with E-state index in [0.29, 0.717) is 6.47 Å². The van der Waals surface area contributed by atoms with Gasteiger partial charge < -0.3 is 9.47 Å². The summed E-state index contributed by atoms with van der Waals surface area (Å²) in [6.07, 6.45) is 0. The highest BCUT2D eigenvalue weighted by Crippen LogP contribution is 2.50. The van der Waals surface area contributed by atoms with Crippen LogP contribution in [0.25, 0.3) is 0 Å². The lowest BCUT2D eigenvalue weighted by Gasteiger charge is -2.47. The first kappa shape index (κ1) is 24.2. The maximum absolute atomic E-state index is 14.0. The molecule has 3 aromatic rings. The van der Waals surface area contributed by atoms with Crippen molar-refractivity contribution >= 4 is 12.4 Å². The fourth-order valence-electron chi connectivity index (χ4n) is 4.64. The van der Waals surface area contributed by atoms with Crippen LogP contribution in [-0.2, 0) is 24.5 Å². The molecule has 4 nitrogen and oxygen atoms in total. The van der Waals surface area contributed by atoms with E-state index in [1.54, 1.807) is 13.8 Å². The van der Waals surface area contributed by atoms with Crippen LogP contribution in [-0.4, -0.2) is 23.6 Å². The van der Waals surface area contributed by atoms with Crippen molar-refractivity contribution in [3.05, 3.63) is 108 Å². The van der Waals surface area contributed by atoms with Crippen LogP contribution in [0.3, 0.4) is 0 Å². The van der Waals surface area contributed by atoms with Gasteiger partial charge in [0.25, 0.3) is 6.47 Å². The molecule has 172 valence electrons. The first-order valence-corrected chi connectivity index (χ1v) is 11.1. The van der Waals surface area contributed by atoms with Crippen molar-refractivity contribution in [3.8, 4) is 0 Å². The lowest BCUT2D eigenvalue weighted by atomic mass is 9.57. The number of esters is 1. The number of benzene rings is 3. The van der Waals surface area contributed by atoms with Gasteiger partial charge in [0.1, 0.15) is 17.1 Å². The van der Waals surface area contributed by atoms with E-state index in [1.165, 1.54) is 0 Å². The van der Waals surface area contributed by atoms with Crippen LogP contribution in [0.15, 0.2) is 91.0 Å². The third-order valence-electron chi connectivity index (χ3n) is 5.81. The fourth-order valence-corrected chi connectivity index (χ4v) is 4.64. The molecule has 0 saturated heterocycles. The molecule has 3 aromatic carbocycles. The molecule has 1 atom stereocenters. The second-order valence-corrected chi connectivity index (χ2v) is 9.69.